The van der Waals surface area contributed by atoms with Gasteiger partial charge in [0, 0.05) is 44.3 Å². The van der Waals surface area contributed by atoms with E-state index >= 15 is 0 Å². The number of furan rings is 1. The van der Waals surface area contributed by atoms with Crippen LogP contribution in [0, 0.1) is 0 Å². The van der Waals surface area contributed by atoms with E-state index in [-0.39, 0.29) is 0 Å². The van der Waals surface area contributed by atoms with Crippen molar-refractivity contribution in [3.05, 3.63) is 313 Å². The Hall–Kier alpha value is -9.96. The Morgan fingerprint density at radius 3 is 1.45 bits per heavy atom. The second-order valence-corrected chi connectivity index (χ2v) is 20.0. The molecule has 0 amide bonds. The molecule has 1 aliphatic carbocycles. The van der Waals surface area contributed by atoms with Gasteiger partial charge in [0.1, 0.15) is 11.2 Å². The van der Waals surface area contributed by atoms with Crippen molar-refractivity contribution < 1.29 is 4.42 Å². The number of rotatable bonds is 9. The van der Waals surface area contributed by atoms with Crippen molar-refractivity contribution in [2.75, 3.05) is 4.90 Å². The molecule has 14 aromatic rings. The van der Waals surface area contributed by atoms with E-state index < -0.39 is 5.41 Å². The van der Waals surface area contributed by atoms with Crippen LogP contribution in [0.3, 0.4) is 0 Å². The number of anilines is 3. The molecule has 0 bridgehead atoms. The number of para-hydroxylation sites is 3. The minimum atomic E-state index is -0.485. The van der Waals surface area contributed by atoms with Gasteiger partial charge in [0.25, 0.3) is 0 Å². The number of aromatic nitrogens is 1. The molecule has 0 unspecified atom stereocenters. The van der Waals surface area contributed by atoms with Crippen LogP contribution in [0.25, 0.3) is 93.9 Å². The molecule has 0 fully saturated rings. The zero-order chi connectivity index (χ0) is 50.2. The molecule has 76 heavy (non-hydrogen) atoms. The number of nitrogens with zero attached hydrogens (tertiary/aromatic N) is 2. The van der Waals surface area contributed by atoms with Crippen LogP contribution in [-0.2, 0) is 5.41 Å². The van der Waals surface area contributed by atoms with E-state index in [1.54, 1.807) is 0 Å². The average molecular weight is 969 g/mol. The van der Waals surface area contributed by atoms with E-state index in [0.29, 0.717) is 0 Å². The van der Waals surface area contributed by atoms with Crippen molar-refractivity contribution in [2.24, 2.45) is 0 Å². The molecule has 0 saturated carbocycles. The van der Waals surface area contributed by atoms with E-state index in [4.69, 9.17) is 4.42 Å². The number of benzene rings is 12. The van der Waals surface area contributed by atoms with Crippen LogP contribution in [0.2, 0.25) is 0 Å². The van der Waals surface area contributed by atoms with Crippen LogP contribution in [0.15, 0.2) is 296 Å². The first kappa shape index (κ1) is 43.6. The molecule has 2 heterocycles. The number of hydrogen-bond acceptors (Lipinski definition) is 2. The Bertz CT molecular complexity index is 4420. The zero-order valence-electron chi connectivity index (χ0n) is 41.5. The normalized spacial score (nSPS) is 12.6. The third kappa shape index (κ3) is 6.90. The van der Waals surface area contributed by atoms with Crippen LogP contribution in [-0.4, -0.2) is 4.57 Å². The lowest BCUT2D eigenvalue weighted by Crippen LogP contribution is -2.28. The highest BCUT2D eigenvalue weighted by Crippen LogP contribution is 2.57. The number of hydrogen-bond donors (Lipinski definition) is 0. The van der Waals surface area contributed by atoms with E-state index in [0.717, 1.165) is 78.1 Å². The van der Waals surface area contributed by atoms with Gasteiger partial charge in [0.2, 0.25) is 0 Å². The third-order valence-corrected chi connectivity index (χ3v) is 15.9. The first-order valence-electron chi connectivity index (χ1n) is 26.1. The monoisotopic (exact) mass is 968 g/mol. The molecule has 0 radical (unpaired) electrons. The van der Waals surface area contributed by atoms with Gasteiger partial charge < -0.3 is 13.9 Å². The maximum absolute atomic E-state index is 6.18. The Balaban J connectivity index is 0.844. The SMILES string of the molecule is c1ccc(C2(c3ccccc3)c3ccccc3-c3cc(N(c4ccc(-c5cccc(-c6ccc7oc8ccccc8c7c6)c5)cc4)c4ccc(-c5cccc(-n6c7ccccc7c7ccccc76)c5)cc4)ccc32)cc1. The minimum Gasteiger partial charge on any atom is -0.456 e. The quantitative estimate of drug-likeness (QED) is 0.144. The van der Waals surface area contributed by atoms with E-state index in [1.807, 2.05) is 12.1 Å². The van der Waals surface area contributed by atoms with Crippen molar-refractivity contribution in [1.29, 1.82) is 0 Å². The highest BCUT2D eigenvalue weighted by Gasteiger charge is 2.46. The summed E-state index contributed by atoms with van der Waals surface area (Å²) in [6.07, 6.45) is 0. The molecule has 2 aromatic heterocycles. The molecule has 0 atom stereocenters. The van der Waals surface area contributed by atoms with Gasteiger partial charge in [-0.2, -0.15) is 0 Å². The maximum Gasteiger partial charge on any atom is 0.135 e. The smallest absolute Gasteiger partial charge is 0.135 e. The van der Waals surface area contributed by atoms with E-state index in [2.05, 4.69) is 289 Å². The second-order valence-electron chi connectivity index (χ2n) is 20.0. The summed E-state index contributed by atoms with van der Waals surface area (Å²) >= 11 is 0. The highest BCUT2D eigenvalue weighted by atomic mass is 16.3. The molecule has 0 N–H and O–H groups in total. The molecule has 356 valence electrons. The summed E-state index contributed by atoms with van der Waals surface area (Å²) in [5.74, 6) is 0. The molecule has 0 saturated heterocycles. The lowest BCUT2D eigenvalue weighted by molar-refractivity contribution is 0.669. The first-order chi connectivity index (χ1) is 37.7. The topological polar surface area (TPSA) is 21.3 Å². The van der Waals surface area contributed by atoms with E-state index in [9.17, 15) is 0 Å². The lowest BCUT2D eigenvalue weighted by atomic mass is 9.68. The Kier molecular flexibility index (Phi) is 10.1. The van der Waals surface area contributed by atoms with Gasteiger partial charge in [0.15, 0.2) is 0 Å². The van der Waals surface area contributed by atoms with Gasteiger partial charge in [-0.3, -0.25) is 0 Å². The van der Waals surface area contributed by atoms with Crippen molar-refractivity contribution >= 4 is 60.8 Å². The van der Waals surface area contributed by atoms with Crippen LogP contribution in [0.1, 0.15) is 22.3 Å². The Labute approximate surface area is 441 Å². The van der Waals surface area contributed by atoms with E-state index in [1.165, 1.54) is 55.2 Å². The summed E-state index contributed by atoms with van der Waals surface area (Å²) in [5, 5.41) is 4.78. The fourth-order valence-corrected chi connectivity index (χ4v) is 12.4. The van der Waals surface area contributed by atoms with Crippen LogP contribution in [0.5, 0.6) is 0 Å². The van der Waals surface area contributed by atoms with Gasteiger partial charge in [-0.25, -0.2) is 0 Å². The molecular weight excluding hydrogens is 921 g/mol. The molecule has 12 aromatic carbocycles. The summed E-state index contributed by atoms with van der Waals surface area (Å²) in [6.45, 7) is 0. The van der Waals surface area contributed by atoms with Crippen LogP contribution >= 0.6 is 0 Å². The first-order valence-corrected chi connectivity index (χ1v) is 26.1. The summed E-state index contributed by atoms with van der Waals surface area (Å²) in [5.41, 5.74) is 22.6. The fraction of sp³-hybridized carbons (Fsp3) is 0.0137. The molecule has 3 nitrogen and oxygen atoms in total. The molecule has 15 rings (SSSR count). The summed E-state index contributed by atoms with van der Waals surface area (Å²) in [6, 6.07) is 106. The maximum atomic E-state index is 6.18. The van der Waals surface area contributed by atoms with Gasteiger partial charge in [0.05, 0.1) is 16.4 Å². The third-order valence-electron chi connectivity index (χ3n) is 15.9. The van der Waals surface area contributed by atoms with Crippen LogP contribution in [0.4, 0.5) is 17.1 Å². The lowest BCUT2D eigenvalue weighted by Gasteiger charge is -2.34. The van der Waals surface area contributed by atoms with Gasteiger partial charge >= 0.3 is 0 Å². The van der Waals surface area contributed by atoms with Crippen molar-refractivity contribution in [1.82, 2.24) is 4.57 Å². The molecule has 0 aliphatic heterocycles. The second kappa shape index (κ2) is 17.6. The standard InChI is InChI=1S/C73H48N2O/c1-3-20-55(21-4-1)73(56-22-5-2-6-23-56)67-29-11-7-25-61(67)65-48-60(42-43-68(65)73)74(57-38-33-49(34-39-57)51-17-15-18-52(45-51)54-37-44-72-66(47-54)64-28-10-14-32-71(64)76-72)58-40-35-50(36-41-58)53-19-16-24-59(46-53)75-69-30-12-8-26-62(69)63-27-9-13-31-70(63)75/h1-48H. The van der Waals surface area contributed by atoms with Crippen molar-refractivity contribution in [3.63, 3.8) is 0 Å². The predicted molar refractivity (Wildman–Crippen MR) is 316 cm³/mol. The van der Waals surface area contributed by atoms with Crippen molar-refractivity contribution in [3.8, 4) is 50.2 Å². The molecule has 1 aliphatic rings. The fourth-order valence-electron chi connectivity index (χ4n) is 12.4. The zero-order valence-corrected chi connectivity index (χ0v) is 41.5. The number of fused-ring (bicyclic) bond motifs is 9. The molecule has 0 spiro atoms. The summed E-state index contributed by atoms with van der Waals surface area (Å²) in [4.78, 5) is 2.41. The average Bonchev–Trinajstić information content (AvgIpc) is 4.29. The molecular formula is C73H48N2O. The Morgan fingerprint density at radius 2 is 0.776 bits per heavy atom. The Morgan fingerprint density at radius 1 is 0.289 bits per heavy atom. The molecule has 3 heteroatoms. The van der Waals surface area contributed by atoms with Gasteiger partial charge in [-0.15, -0.1) is 0 Å². The summed E-state index contributed by atoms with van der Waals surface area (Å²) < 4.78 is 8.57. The van der Waals surface area contributed by atoms with Gasteiger partial charge in [-0.1, -0.05) is 206 Å². The largest absolute Gasteiger partial charge is 0.456 e. The van der Waals surface area contributed by atoms with Crippen molar-refractivity contribution in [2.45, 2.75) is 5.41 Å². The minimum absolute atomic E-state index is 0.485. The van der Waals surface area contributed by atoms with Crippen LogP contribution < -0.4 is 4.90 Å². The predicted octanol–water partition coefficient (Wildman–Crippen LogP) is 19.5. The highest BCUT2D eigenvalue weighted by molar-refractivity contribution is 6.09. The van der Waals surface area contributed by atoms with Gasteiger partial charge in [-0.05, 0) is 152 Å². The summed E-state index contributed by atoms with van der Waals surface area (Å²) in [7, 11) is 0.